The van der Waals surface area contributed by atoms with Gasteiger partial charge in [-0.25, -0.2) is 18.6 Å². The van der Waals surface area contributed by atoms with E-state index in [4.69, 9.17) is 9.72 Å². The Morgan fingerprint density at radius 3 is 2.33 bits per heavy atom. The van der Waals surface area contributed by atoms with Crippen LogP contribution in [0.15, 0.2) is 60.9 Å². The molecule has 52 heavy (non-hydrogen) atoms. The summed E-state index contributed by atoms with van der Waals surface area (Å²) in [7, 11) is 0. The maximum atomic E-state index is 15.2. The Morgan fingerprint density at radius 1 is 0.942 bits per heavy atom. The molecule has 2 aliphatic heterocycles. The number of benzene rings is 2. The molecule has 2 fully saturated rings. The predicted octanol–water partition coefficient (Wildman–Crippen LogP) is 7.48. The number of piperazine rings is 1. The van der Waals surface area contributed by atoms with Gasteiger partial charge in [0.1, 0.15) is 28.6 Å². The van der Waals surface area contributed by atoms with Crippen molar-refractivity contribution >= 4 is 34.6 Å². The highest BCUT2D eigenvalue weighted by molar-refractivity contribution is 6.06. The minimum atomic E-state index is -1.31. The lowest BCUT2D eigenvalue weighted by Gasteiger charge is -2.57. The van der Waals surface area contributed by atoms with Gasteiger partial charge in [0.05, 0.1) is 23.0 Å². The first-order chi connectivity index (χ1) is 24.7. The number of ether oxygens (including phenoxy) is 1. The highest BCUT2D eigenvalue weighted by atomic mass is 19.1. The molecule has 0 radical (unpaired) electrons. The molecule has 1 N–H and O–H groups in total. The third-order valence-corrected chi connectivity index (χ3v) is 11.6. The summed E-state index contributed by atoms with van der Waals surface area (Å²) in [5.74, 6) is -1.26. The molecule has 0 unspecified atom stereocenters. The Morgan fingerprint density at radius 2 is 1.63 bits per heavy atom. The zero-order valence-electron chi connectivity index (χ0n) is 30.0. The number of aromatic nitrogens is 2. The number of anilines is 1. The quantitative estimate of drug-likeness (QED) is 0.237. The van der Waals surface area contributed by atoms with Gasteiger partial charge in [0, 0.05) is 36.0 Å². The highest BCUT2D eigenvalue weighted by Gasteiger charge is 2.59. The Labute approximate surface area is 301 Å². The molecular weight excluding hydrogens is 664 g/mol. The Bertz CT molecular complexity index is 2120. The van der Waals surface area contributed by atoms with Crippen molar-refractivity contribution < 1.29 is 27.9 Å². The first-order valence-corrected chi connectivity index (χ1v) is 18.2. The van der Waals surface area contributed by atoms with Crippen molar-refractivity contribution in [1.29, 1.82) is 0 Å². The lowest BCUT2D eigenvalue weighted by Crippen LogP contribution is -2.73. The molecule has 2 spiro atoms. The Hall–Kier alpha value is -4.93. The second kappa shape index (κ2) is 12.1. The molecule has 0 bridgehead atoms. The molecule has 11 heteroatoms. The number of carbonyl (C=O) groups excluding carboxylic acids is 3. The fourth-order valence-electron chi connectivity index (χ4n) is 9.06. The summed E-state index contributed by atoms with van der Waals surface area (Å²) in [5, 5.41) is 3.82. The normalized spacial score (nSPS) is 23.9. The van der Waals surface area contributed by atoms with E-state index in [1.165, 1.54) is 12.1 Å². The van der Waals surface area contributed by atoms with Gasteiger partial charge in [-0.05, 0) is 112 Å². The zero-order valence-corrected chi connectivity index (χ0v) is 30.0. The maximum Gasteiger partial charge on any atom is 0.411 e. The molecular formula is C41H43F2N5O4. The van der Waals surface area contributed by atoms with E-state index in [-0.39, 0.29) is 30.5 Å². The van der Waals surface area contributed by atoms with Gasteiger partial charge in [0.15, 0.2) is 0 Å². The lowest BCUT2D eigenvalue weighted by molar-refractivity contribution is -0.167. The molecule has 270 valence electrons. The van der Waals surface area contributed by atoms with E-state index in [0.717, 1.165) is 64.9 Å². The molecule has 8 rings (SSSR count). The predicted molar refractivity (Wildman–Crippen MR) is 191 cm³/mol. The number of nitrogens with zero attached hydrogens (tertiary/aromatic N) is 4. The third-order valence-electron chi connectivity index (χ3n) is 11.6. The van der Waals surface area contributed by atoms with Crippen LogP contribution < -0.4 is 5.32 Å². The standard InChI is InChI=1S/C41H43F2N5O4/c1-38(2,3)52-37(51)48-24-39(4,29-17-30(42)19-31(43)18-29)47(36(50)41(48)11-7-5-6-8-12-41)23-25-14-26-15-27-20-40(21-28(27)16-33(26)45-22-25)32-10-9-13-44-34(32)46-35(40)49/h9-10,13-19,22H,5-8,11-12,20-21,23-24H2,1-4H3,(H,44,46,49)/t39-,40-/m0/s1. The van der Waals surface area contributed by atoms with E-state index in [1.807, 2.05) is 24.3 Å². The van der Waals surface area contributed by atoms with E-state index in [1.54, 1.807) is 49.9 Å². The summed E-state index contributed by atoms with van der Waals surface area (Å²) in [6, 6.07) is 13.2. The second-order valence-electron chi connectivity index (χ2n) is 16.3. The van der Waals surface area contributed by atoms with E-state index in [9.17, 15) is 18.4 Å². The number of pyridine rings is 2. The van der Waals surface area contributed by atoms with Gasteiger partial charge in [0.25, 0.3) is 0 Å². The Kier molecular flexibility index (Phi) is 7.93. The summed E-state index contributed by atoms with van der Waals surface area (Å²) < 4.78 is 35.7. The first kappa shape index (κ1) is 34.2. The number of fused-ring (bicyclic) bond motifs is 4. The maximum absolute atomic E-state index is 15.2. The summed E-state index contributed by atoms with van der Waals surface area (Å²) in [6.07, 6.45) is 8.20. The summed E-state index contributed by atoms with van der Waals surface area (Å²) in [5.41, 5.74) is 0.739. The topological polar surface area (TPSA) is 105 Å². The van der Waals surface area contributed by atoms with Gasteiger partial charge in [-0.15, -0.1) is 0 Å². The average molecular weight is 708 g/mol. The number of amides is 3. The monoisotopic (exact) mass is 707 g/mol. The summed E-state index contributed by atoms with van der Waals surface area (Å²) >= 11 is 0. The minimum absolute atomic E-state index is 0.00839. The molecule has 4 aliphatic rings. The number of halogens is 2. The highest BCUT2D eigenvalue weighted by Crippen LogP contribution is 2.48. The van der Waals surface area contributed by atoms with Crippen LogP contribution >= 0.6 is 0 Å². The summed E-state index contributed by atoms with van der Waals surface area (Å²) in [6.45, 7) is 7.20. The van der Waals surface area contributed by atoms with Crippen LogP contribution in [0, 0.1) is 11.6 Å². The van der Waals surface area contributed by atoms with Crippen LogP contribution in [0.1, 0.15) is 94.0 Å². The van der Waals surface area contributed by atoms with Gasteiger partial charge >= 0.3 is 6.09 Å². The van der Waals surface area contributed by atoms with Gasteiger partial charge in [-0.1, -0.05) is 31.7 Å². The molecule has 3 amide bonds. The SMILES string of the molecule is CC(C)(C)OC(=O)N1C[C@@](C)(c2cc(F)cc(F)c2)N(Cc2cnc3cc4c(cc3c2)C[C@@]2(C4)C(=O)Nc3ncccc32)C(=O)C12CCCCCC2. The van der Waals surface area contributed by atoms with E-state index >= 15 is 4.79 Å². The van der Waals surface area contributed by atoms with Gasteiger partial charge in [-0.3, -0.25) is 19.5 Å². The van der Waals surface area contributed by atoms with Crippen molar-refractivity contribution in [3.63, 3.8) is 0 Å². The molecule has 2 aromatic carbocycles. The number of rotatable bonds is 3. The van der Waals surface area contributed by atoms with Crippen molar-refractivity contribution in [1.82, 2.24) is 19.8 Å². The van der Waals surface area contributed by atoms with Crippen LogP contribution in [0.4, 0.5) is 19.4 Å². The van der Waals surface area contributed by atoms with Crippen LogP contribution in [0.3, 0.4) is 0 Å². The Balaban J connectivity index is 1.19. The fourth-order valence-corrected chi connectivity index (χ4v) is 9.06. The average Bonchev–Trinajstić information content (AvgIpc) is 3.46. The van der Waals surface area contributed by atoms with Crippen molar-refractivity contribution in [2.75, 3.05) is 11.9 Å². The van der Waals surface area contributed by atoms with E-state index < -0.39 is 39.8 Å². The van der Waals surface area contributed by atoms with Crippen LogP contribution in [-0.4, -0.2) is 55.4 Å². The third kappa shape index (κ3) is 5.51. The molecule has 2 aliphatic carbocycles. The van der Waals surface area contributed by atoms with Crippen molar-refractivity contribution in [2.24, 2.45) is 0 Å². The second-order valence-corrected chi connectivity index (χ2v) is 16.3. The molecule has 9 nitrogen and oxygen atoms in total. The van der Waals surface area contributed by atoms with Crippen molar-refractivity contribution in [3.8, 4) is 0 Å². The number of nitrogens with one attached hydrogen (secondary N) is 1. The fraction of sp³-hybridized carbons (Fsp3) is 0.439. The molecule has 2 aromatic heterocycles. The largest absolute Gasteiger partial charge is 0.444 e. The van der Waals surface area contributed by atoms with Crippen LogP contribution in [0.2, 0.25) is 0 Å². The number of hydrogen-bond acceptors (Lipinski definition) is 6. The number of carbonyl (C=O) groups is 3. The molecule has 2 atom stereocenters. The summed E-state index contributed by atoms with van der Waals surface area (Å²) in [4.78, 5) is 55.0. The van der Waals surface area contributed by atoms with Crippen LogP contribution in [-0.2, 0) is 44.7 Å². The smallest absolute Gasteiger partial charge is 0.411 e. The van der Waals surface area contributed by atoms with E-state index in [2.05, 4.69) is 16.4 Å². The lowest BCUT2D eigenvalue weighted by atomic mass is 9.77. The zero-order chi connectivity index (χ0) is 36.6. The van der Waals surface area contributed by atoms with Crippen molar-refractivity contribution in [2.45, 2.75) is 108 Å². The minimum Gasteiger partial charge on any atom is -0.444 e. The van der Waals surface area contributed by atoms with Gasteiger partial charge < -0.3 is 15.0 Å². The van der Waals surface area contributed by atoms with Crippen LogP contribution in [0.25, 0.3) is 10.9 Å². The number of hydrogen-bond donors (Lipinski definition) is 1. The first-order valence-electron chi connectivity index (χ1n) is 18.2. The van der Waals surface area contributed by atoms with Crippen molar-refractivity contribution in [3.05, 3.63) is 100 Å². The molecule has 4 heterocycles. The molecule has 4 aromatic rings. The van der Waals surface area contributed by atoms with Gasteiger partial charge in [-0.2, -0.15) is 0 Å². The van der Waals surface area contributed by atoms with E-state index in [0.29, 0.717) is 31.5 Å². The van der Waals surface area contributed by atoms with Crippen LogP contribution in [0.5, 0.6) is 0 Å². The van der Waals surface area contributed by atoms with Gasteiger partial charge in [0.2, 0.25) is 11.8 Å². The molecule has 1 saturated carbocycles. The molecule has 1 saturated heterocycles.